The largest absolute Gasteiger partial charge is 0.419 e. The van der Waals surface area contributed by atoms with Crippen molar-refractivity contribution in [1.82, 2.24) is 0 Å². The van der Waals surface area contributed by atoms with E-state index in [9.17, 15) is 28.6 Å². The Morgan fingerprint density at radius 3 is 2.12 bits per heavy atom. The van der Waals surface area contributed by atoms with Gasteiger partial charge >= 0.3 is 20.0 Å². The van der Waals surface area contributed by atoms with Gasteiger partial charge in [-0.25, -0.2) is 8.42 Å². The molecule has 0 aromatic carbocycles. The standard InChI is InChI=1S/C6H5ClN2O6S/c7-16(14,15)6(9(12)13)4-2-1-3-5(6)8(10)11/h1-5H. The summed E-state index contributed by atoms with van der Waals surface area (Å²) in [6.07, 6.45) is 3.59. The van der Waals surface area contributed by atoms with Gasteiger partial charge in [-0.05, 0) is 6.08 Å². The summed E-state index contributed by atoms with van der Waals surface area (Å²) >= 11 is 0. The first-order valence-electron chi connectivity index (χ1n) is 3.81. The first kappa shape index (κ1) is 12.6. The van der Waals surface area contributed by atoms with Gasteiger partial charge in [0.25, 0.3) is 0 Å². The Labute approximate surface area is 93.9 Å². The molecule has 0 radical (unpaired) electrons. The summed E-state index contributed by atoms with van der Waals surface area (Å²) in [7, 11) is 0.156. The van der Waals surface area contributed by atoms with Crippen molar-refractivity contribution < 1.29 is 18.3 Å². The summed E-state index contributed by atoms with van der Waals surface area (Å²) in [5.41, 5.74) is 0. The van der Waals surface area contributed by atoms with Crippen LogP contribution in [0.25, 0.3) is 0 Å². The van der Waals surface area contributed by atoms with Crippen LogP contribution in [0, 0.1) is 20.2 Å². The van der Waals surface area contributed by atoms with Gasteiger partial charge in [-0.1, -0.05) is 12.2 Å². The molecule has 0 fully saturated rings. The normalized spacial score (nSPS) is 28.9. The average molecular weight is 269 g/mol. The van der Waals surface area contributed by atoms with Gasteiger partial charge in [0.15, 0.2) is 0 Å². The van der Waals surface area contributed by atoms with Crippen LogP contribution < -0.4 is 0 Å². The molecule has 0 saturated carbocycles. The minimum Gasteiger partial charge on any atom is -0.264 e. The highest BCUT2D eigenvalue weighted by atomic mass is 35.7. The van der Waals surface area contributed by atoms with Gasteiger partial charge in [0.2, 0.25) is 0 Å². The SMILES string of the molecule is O=[N+]([O-])C1C=CC=CC1([N+](=O)[O-])S(=O)(=O)Cl. The second kappa shape index (κ2) is 3.83. The van der Waals surface area contributed by atoms with Gasteiger partial charge in [0, 0.05) is 21.7 Å². The molecule has 0 aromatic heterocycles. The van der Waals surface area contributed by atoms with Crippen LogP contribution >= 0.6 is 10.7 Å². The fourth-order valence-corrected chi connectivity index (χ4v) is 2.77. The highest BCUT2D eigenvalue weighted by Gasteiger charge is 2.66. The maximum Gasteiger partial charge on any atom is 0.419 e. The lowest BCUT2D eigenvalue weighted by molar-refractivity contribution is -0.611. The second-order valence-corrected chi connectivity index (χ2v) is 5.67. The van der Waals surface area contributed by atoms with Crippen LogP contribution in [-0.4, -0.2) is 29.2 Å². The van der Waals surface area contributed by atoms with Gasteiger partial charge < -0.3 is 0 Å². The Balaban J connectivity index is 3.52. The molecule has 0 heterocycles. The summed E-state index contributed by atoms with van der Waals surface area (Å²) in [6, 6.07) is -2.05. The zero-order chi connectivity index (χ0) is 12.6. The van der Waals surface area contributed by atoms with E-state index >= 15 is 0 Å². The number of rotatable bonds is 3. The third-order valence-electron chi connectivity index (χ3n) is 2.07. The van der Waals surface area contributed by atoms with Crippen LogP contribution in [0.3, 0.4) is 0 Å². The number of allylic oxidation sites excluding steroid dienone is 2. The summed E-state index contributed by atoms with van der Waals surface area (Å²) in [5, 5.41) is 21.4. The van der Waals surface area contributed by atoms with Crippen molar-refractivity contribution in [3.63, 3.8) is 0 Å². The number of hydrogen-bond acceptors (Lipinski definition) is 6. The van der Waals surface area contributed by atoms with Crippen molar-refractivity contribution >= 4 is 19.7 Å². The van der Waals surface area contributed by atoms with Crippen molar-refractivity contribution in [1.29, 1.82) is 0 Å². The highest BCUT2D eigenvalue weighted by Crippen LogP contribution is 2.32. The molecular weight excluding hydrogens is 264 g/mol. The van der Waals surface area contributed by atoms with E-state index in [1.54, 1.807) is 0 Å². The Bertz CT molecular complexity index is 497. The maximum atomic E-state index is 11.2. The lowest BCUT2D eigenvalue weighted by Crippen LogP contribution is -2.55. The molecule has 88 valence electrons. The Hall–Kier alpha value is -1.48. The van der Waals surface area contributed by atoms with Crippen molar-refractivity contribution in [2.45, 2.75) is 10.9 Å². The molecule has 0 amide bonds. The van der Waals surface area contributed by atoms with E-state index in [-0.39, 0.29) is 0 Å². The van der Waals surface area contributed by atoms with Crippen molar-refractivity contribution in [2.75, 3.05) is 0 Å². The van der Waals surface area contributed by atoms with Crippen LogP contribution in [0.4, 0.5) is 0 Å². The smallest absolute Gasteiger partial charge is 0.264 e. The summed E-state index contributed by atoms with van der Waals surface area (Å²) in [5.74, 6) is 0. The van der Waals surface area contributed by atoms with Gasteiger partial charge in [-0.15, -0.1) is 0 Å². The van der Waals surface area contributed by atoms with Crippen LogP contribution in [-0.2, 0) is 9.05 Å². The third kappa shape index (κ3) is 1.67. The molecule has 1 aliphatic carbocycles. The van der Waals surface area contributed by atoms with Crippen LogP contribution in [0.1, 0.15) is 0 Å². The highest BCUT2D eigenvalue weighted by molar-refractivity contribution is 8.14. The predicted octanol–water partition coefficient (Wildman–Crippen LogP) is 0.299. The Morgan fingerprint density at radius 2 is 1.81 bits per heavy atom. The van der Waals surface area contributed by atoms with Gasteiger partial charge in [-0.3, -0.25) is 20.2 Å². The molecule has 0 bridgehead atoms. The summed E-state index contributed by atoms with van der Waals surface area (Å²) in [6.45, 7) is 0. The first-order valence-corrected chi connectivity index (χ1v) is 6.12. The van der Waals surface area contributed by atoms with E-state index in [0.29, 0.717) is 6.08 Å². The van der Waals surface area contributed by atoms with E-state index < -0.39 is 29.8 Å². The number of hydrogen-bond donors (Lipinski definition) is 0. The molecule has 2 unspecified atom stereocenters. The summed E-state index contributed by atoms with van der Waals surface area (Å²) in [4.78, 5) is 16.1. The lowest BCUT2D eigenvalue weighted by atomic mass is 10.0. The topological polar surface area (TPSA) is 120 Å². The maximum absolute atomic E-state index is 11.2. The quantitative estimate of drug-likeness (QED) is 0.412. The first-order chi connectivity index (χ1) is 7.23. The minimum absolute atomic E-state index is 0.600. The molecule has 10 heteroatoms. The van der Waals surface area contributed by atoms with E-state index in [1.807, 2.05) is 0 Å². The molecule has 0 saturated heterocycles. The van der Waals surface area contributed by atoms with E-state index in [1.165, 1.54) is 0 Å². The van der Waals surface area contributed by atoms with E-state index in [2.05, 4.69) is 0 Å². The number of nitro groups is 2. The zero-order valence-corrected chi connectivity index (χ0v) is 9.09. The molecule has 0 spiro atoms. The monoisotopic (exact) mass is 268 g/mol. The van der Waals surface area contributed by atoms with Gasteiger partial charge in [-0.2, -0.15) is 0 Å². The minimum atomic E-state index is -4.79. The number of nitrogens with zero attached hydrogens (tertiary/aromatic N) is 2. The fourth-order valence-electron chi connectivity index (χ4n) is 1.30. The average Bonchev–Trinajstić information content (AvgIpc) is 2.15. The third-order valence-corrected chi connectivity index (χ3v) is 4.12. The van der Waals surface area contributed by atoms with Crippen LogP contribution in [0.5, 0.6) is 0 Å². The van der Waals surface area contributed by atoms with Crippen LogP contribution in [0.2, 0.25) is 0 Å². The molecule has 16 heavy (non-hydrogen) atoms. The van der Waals surface area contributed by atoms with E-state index in [4.69, 9.17) is 10.7 Å². The van der Waals surface area contributed by atoms with Crippen molar-refractivity contribution in [2.24, 2.45) is 0 Å². The summed E-state index contributed by atoms with van der Waals surface area (Å²) < 4.78 is 22.4. The van der Waals surface area contributed by atoms with E-state index in [0.717, 1.165) is 18.2 Å². The van der Waals surface area contributed by atoms with Crippen LogP contribution in [0.15, 0.2) is 24.3 Å². The van der Waals surface area contributed by atoms with Gasteiger partial charge in [0.05, 0.1) is 4.92 Å². The van der Waals surface area contributed by atoms with Gasteiger partial charge in [0.1, 0.15) is 0 Å². The molecule has 0 N–H and O–H groups in total. The van der Waals surface area contributed by atoms with Crippen molar-refractivity contribution in [3.05, 3.63) is 44.5 Å². The molecule has 2 atom stereocenters. The molecule has 8 nitrogen and oxygen atoms in total. The molecular formula is C6H5ClN2O6S. The fraction of sp³-hybridized carbons (Fsp3) is 0.333. The molecule has 1 aliphatic rings. The zero-order valence-electron chi connectivity index (χ0n) is 7.52. The Kier molecular flexibility index (Phi) is 3.01. The van der Waals surface area contributed by atoms with Crippen molar-refractivity contribution in [3.8, 4) is 0 Å². The number of halogens is 1. The molecule has 0 aromatic rings. The Morgan fingerprint density at radius 1 is 1.25 bits per heavy atom. The predicted molar refractivity (Wildman–Crippen MR) is 53.6 cm³/mol. The molecule has 0 aliphatic heterocycles. The molecule has 1 rings (SSSR count). The lowest BCUT2D eigenvalue weighted by Gasteiger charge is -2.21. The second-order valence-electron chi connectivity index (χ2n) is 2.92.